The monoisotopic (exact) mass is 510 g/mol. The van der Waals surface area contributed by atoms with Crippen LogP contribution >= 0.6 is 11.8 Å². The van der Waals surface area contributed by atoms with E-state index in [0.29, 0.717) is 17.1 Å². The van der Waals surface area contributed by atoms with Crippen LogP contribution in [-0.2, 0) is 25.6 Å². The Hall–Kier alpha value is -2.75. The summed E-state index contributed by atoms with van der Waals surface area (Å²) in [5.41, 5.74) is 0.585. The molecule has 2 unspecified atom stereocenters. The highest BCUT2D eigenvalue weighted by Gasteiger charge is 2.31. The second-order valence-corrected chi connectivity index (χ2v) is 10.9. The number of hydrogen-bond acceptors (Lipinski definition) is 7. The summed E-state index contributed by atoms with van der Waals surface area (Å²) < 4.78 is 10.4. The first-order valence-electron chi connectivity index (χ1n) is 11.5. The molecule has 0 saturated heterocycles. The molecule has 0 heterocycles. The molecule has 0 aliphatic carbocycles. The number of carbonyl (C=O) groups excluding carboxylic acids is 3. The lowest BCUT2D eigenvalue weighted by molar-refractivity contribution is -0.140. The van der Waals surface area contributed by atoms with Crippen LogP contribution in [0.2, 0.25) is 0 Å². The zero-order valence-electron chi connectivity index (χ0n) is 21.6. The predicted molar refractivity (Wildman–Crippen MR) is 136 cm³/mol. The first-order chi connectivity index (χ1) is 16.3. The number of Topliss-reactive ketones (excluding diaryl/α,β-unsaturated/α-hetero) is 1. The molecule has 1 aromatic carbocycles. The second-order valence-electron chi connectivity index (χ2n) is 9.17. The van der Waals surface area contributed by atoms with E-state index in [2.05, 4.69) is 10.6 Å². The topological polar surface area (TPSA) is 131 Å². The van der Waals surface area contributed by atoms with E-state index < -0.39 is 36.3 Å². The van der Waals surface area contributed by atoms with Crippen molar-refractivity contribution in [3.05, 3.63) is 23.8 Å². The number of ketones is 1. The van der Waals surface area contributed by atoms with Gasteiger partial charge in [-0.2, -0.15) is 0 Å². The van der Waals surface area contributed by atoms with E-state index in [1.165, 1.54) is 26.0 Å². The molecule has 10 heteroatoms. The summed E-state index contributed by atoms with van der Waals surface area (Å²) in [6, 6.07) is 2.94. The molecule has 0 bridgehead atoms. The van der Waals surface area contributed by atoms with Crippen molar-refractivity contribution in [2.45, 2.75) is 70.7 Å². The van der Waals surface area contributed by atoms with Crippen molar-refractivity contribution in [1.82, 2.24) is 10.6 Å². The van der Waals surface area contributed by atoms with Crippen molar-refractivity contribution in [2.24, 2.45) is 5.92 Å². The fourth-order valence-corrected chi connectivity index (χ4v) is 4.04. The maximum absolute atomic E-state index is 13.0. The molecule has 2 atom stereocenters. The zero-order chi connectivity index (χ0) is 26.8. The summed E-state index contributed by atoms with van der Waals surface area (Å²) in [6.07, 6.45) is 0.245. The van der Waals surface area contributed by atoms with E-state index >= 15 is 0 Å². The van der Waals surface area contributed by atoms with Crippen LogP contribution in [-0.4, -0.2) is 65.5 Å². The number of aliphatic carboxylic acids is 1. The summed E-state index contributed by atoms with van der Waals surface area (Å²) in [5.74, 6) is -1.76. The lowest BCUT2D eigenvalue weighted by Crippen LogP contribution is -2.54. The molecule has 2 amide bonds. The van der Waals surface area contributed by atoms with Crippen LogP contribution in [0.5, 0.6) is 11.5 Å². The molecular formula is C25H38N2O7S. The number of rotatable bonds is 15. The molecule has 35 heavy (non-hydrogen) atoms. The van der Waals surface area contributed by atoms with Gasteiger partial charge in [-0.3, -0.25) is 19.2 Å². The molecule has 0 radical (unpaired) electrons. The van der Waals surface area contributed by atoms with Gasteiger partial charge in [0.1, 0.15) is 17.5 Å². The van der Waals surface area contributed by atoms with E-state index in [9.17, 15) is 24.3 Å². The van der Waals surface area contributed by atoms with Gasteiger partial charge in [0.15, 0.2) is 5.78 Å². The number of carboxylic acids is 1. The van der Waals surface area contributed by atoms with Gasteiger partial charge in [-0.05, 0) is 30.5 Å². The number of methoxy groups -OCH3 is 2. The number of carboxylic acid groups (broad SMARTS) is 1. The molecule has 0 aliphatic rings. The van der Waals surface area contributed by atoms with Crippen molar-refractivity contribution < 1.29 is 33.8 Å². The number of amides is 2. The highest BCUT2D eigenvalue weighted by Crippen LogP contribution is 2.28. The van der Waals surface area contributed by atoms with Gasteiger partial charge in [0.05, 0.1) is 38.9 Å². The van der Waals surface area contributed by atoms with Crippen LogP contribution in [0.15, 0.2) is 18.2 Å². The van der Waals surface area contributed by atoms with Crippen LogP contribution in [0.25, 0.3) is 0 Å². The summed E-state index contributed by atoms with van der Waals surface area (Å²) in [5, 5.41) is 14.5. The predicted octanol–water partition coefficient (Wildman–Crippen LogP) is 2.84. The van der Waals surface area contributed by atoms with Gasteiger partial charge in [0, 0.05) is 10.3 Å². The molecule has 3 N–H and O–H groups in total. The van der Waals surface area contributed by atoms with Crippen LogP contribution in [0.1, 0.15) is 53.0 Å². The molecule has 0 aromatic heterocycles. The normalized spacial score (nSPS) is 13.0. The lowest BCUT2D eigenvalue weighted by atomic mass is 10.0. The Kier molecular flexibility index (Phi) is 12.1. The Morgan fingerprint density at radius 2 is 1.74 bits per heavy atom. The van der Waals surface area contributed by atoms with Crippen LogP contribution in [0.3, 0.4) is 0 Å². The SMILES string of the molecule is CCC(C)(C)SCC(=O)C(CC(=O)O)NC(=O)C(NC(=O)Cc1cc(OC)ccc1OC)C(C)C. The highest BCUT2D eigenvalue weighted by atomic mass is 32.2. The minimum Gasteiger partial charge on any atom is -0.497 e. The van der Waals surface area contributed by atoms with Gasteiger partial charge in [-0.25, -0.2) is 0 Å². The van der Waals surface area contributed by atoms with E-state index in [1.54, 1.807) is 32.0 Å². The van der Waals surface area contributed by atoms with Gasteiger partial charge in [-0.1, -0.05) is 34.6 Å². The Balaban J connectivity index is 2.95. The average molecular weight is 511 g/mol. The van der Waals surface area contributed by atoms with Crippen molar-refractivity contribution in [1.29, 1.82) is 0 Å². The number of hydrogen-bond donors (Lipinski definition) is 3. The van der Waals surface area contributed by atoms with Crippen molar-refractivity contribution in [3.8, 4) is 11.5 Å². The average Bonchev–Trinajstić information content (AvgIpc) is 2.79. The summed E-state index contributed by atoms with van der Waals surface area (Å²) in [7, 11) is 3.01. The third-order valence-corrected chi connectivity index (χ3v) is 7.14. The van der Waals surface area contributed by atoms with Crippen LogP contribution in [0.4, 0.5) is 0 Å². The molecule has 9 nitrogen and oxygen atoms in total. The van der Waals surface area contributed by atoms with Gasteiger partial charge >= 0.3 is 5.97 Å². The number of thioether (sulfide) groups is 1. The van der Waals surface area contributed by atoms with E-state index in [-0.39, 0.29) is 28.6 Å². The highest BCUT2D eigenvalue weighted by molar-refractivity contribution is 8.01. The van der Waals surface area contributed by atoms with Crippen molar-refractivity contribution in [3.63, 3.8) is 0 Å². The maximum atomic E-state index is 13.0. The molecular weight excluding hydrogens is 472 g/mol. The number of benzene rings is 1. The lowest BCUT2D eigenvalue weighted by Gasteiger charge is -2.26. The number of carbonyl (C=O) groups is 4. The first-order valence-corrected chi connectivity index (χ1v) is 12.5. The molecule has 0 saturated carbocycles. The van der Waals surface area contributed by atoms with E-state index in [4.69, 9.17) is 9.47 Å². The van der Waals surface area contributed by atoms with Gasteiger partial charge < -0.3 is 25.2 Å². The van der Waals surface area contributed by atoms with Gasteiger partial charge in [0.25, 0.3) is 0 Å². The summed E-state index contributed by atoms with van der Waals surface area (Å²) >= 11 is 1.42. The van der Waals surface area contributed by atoms with E-state index in [1.807, 2.05) is 20.8 Å². The maximum Gasteiger partial charge on any atom is 0.305 e. The minimum absolute atomic E-state index is 0.0584. The van der Waals surface area contributed by atoms with Gasteiger partial charge in [-0.15, -0.1) is 11.8 Å². The van der Waals surface area contributed by atoms with Crippen molar-refractivity contribution in [2.75, 3.05) is 20.0 Å². The van der Waals surface area contributed by atoms with E-state index in [0.717, 1.165) is 6.42 Å². The standard InChI is InChI=1S/C25H38N2O7S/c1-8-25(4,5)35-14-19(28)18(13-22(30)31)26-24(32)23(15(2)3)27-21(29)12-16-11-17(33-6)9-10-20(16)34-7/h9-11,15,18,23H,8,12-14H2,1-7H3,(H,26,32)(H,27,29)(H,30,31). The molecule has 1 rings (SSSR count). The fraction of sp³-hybridized carbons (Fsp3) is 0.600. The Labute approximate surface area is 211 Å². The largest absolute Gasteiger partial charge is 0.497 e. The Morgan fingerprint density at radius 1 is 1.09 bits per heavy atom. The van der Waals surface area contributed by atoms with Crippen molar-refractivity contribution >= 4 is 35.3 Å². The zero-order valence-corrected chi connectivity index (χ0v) is 22.4. The third-order valence-electron chi connectivity index (χ3n) is 5.64. The second kappa shape index (κ2) is 14.0. The Bertz CT molecular complexity index is 902. The molecule has 1 aromatic rings. The smallest absolute Gasteiger partial charge is 0.305 e. The van der Waals surface area contributed by atoms with Crippen LogP contribution in [0, 0.1) is 5.92 Å². The molecule has 0 spiro atoms. The first kappa shape index (κ1) is 30.3. The third kappa shape index (κ3) is 10.2. The Morgan fingerprint density at radius 3 is 2.26 bits per heavy atom. The van der Waals surface area contributed by atoms with Gasteiger partial charge in [0.2, 0.25) is 11.8 Å². The molecule has 0 fully saturated rings. The number of ether oxygens (including phenoxy) is 2. The van der Waals surface area contributed by atoms with Crippen LogP contribution < -0.4 is 20.1 Å². The number of nitrogens with one attached hydrogen (secondary N) is 2. The summed E-state index contributed by atoms with van der Waals surface area (Å²) in [4.78, 5) is 49.9. The quantitative estimate of drug-likeness (QED) is 0.328. The molecule has 196 valence electrons. The summed E-state index contributed by atoms with van der Waals surface area (Å²) in [6.45, 7) is 9.51. The fourth-order valence-electron chi connectivity index (χ4n) is 3.10. The minimum atomic E-state index is -1.20. The molecule has 0 aliphatic heterocycles.